The van der Waals surface area contributed by atoms with Gasteiger partial charge in [-0.15, -0.1) is 0 Å². The number of carbonyl (C=O) groups is 2. The second kappa shape index (κ2) is 5.17. The summed E-state index contributed by atoms with van der Waals surface area (Å²) in [5.41, 5.74) is 0.458. The van der Waals surface area contributed by atoms with Crippen LogP contribution in [0.1, 0.15) is 41.7 Å². The number of nitrogens with zero attached hydrogens (tertiary/aromatic N) is 1. The third-order valence-electron chi connectivity index (χ3n) is 3.36. The number of hydrogen-bond acceptors (Lipinski definition) is 3. The first-order valence-electron chi connectivity index (χ1n) is 6.09. The van der Waals surface area contributed by atoms with Crippen molar-refractivity contribution in [1.82, 2.24) is 10.3 Å². The Bertz CT molecular complexity index is 506. The van der Waals surface area contributed by atoms with Crippen molar-refractivity contribution in [3.05, 3.63) is 28.5 Å². The Morgan fingerprint density at radius 2 is 2.16 bits per heavy atom. The van der Waals surface area contributed by atoms with Crippen molar-refractivity contribution >= 4 is 23.5 Å². The number of amides is 1. The number of hydrogen-bond donors (Lipinski definition) is 2. The molecule has 0 atom stereocenters. The monoisotopic (exact) mass is 282 g/mol. The number of nitrogens with one attached hydrogen (secondary N) is 1. The standard InChI is InChI=1S/C13H15ClN2O3/c1-8-5-9(6-10(14)15-8)12(19)16-13(3-2-4-13)7-11(17)18/h5-6H,2-4,7H2,1H3,(H,16,19)(H,17,18). The van der Waals surface area contributed by atoms with Crippen molar-refractivity contribution in [2.75, 3.05) is 0 Å². The Morgan fingerprint density at radius 3 is 2.63 bits per heavy atom. The predicted octanol–water partition coefficient (Wildman–Crippen LogP) is 2.17. The van der Waals surface area contributed by atoms with Gasteiger partial charge in [0.15, 0.2) is 0 Å². The Balaban J connectivity index is 2.13. The molecule has 0 spiro atoms. The molecule has 1 saturated carbocycles. The number of carboxylic acid groups (broad SMARTS) is 1. The molecule has 0 radical (unpaired) electrons. The van der Waals surface area contributed by atoms with E-state index in [2.05, 4.69) is 10.3 Å². The molecule has 1 aliphatic rings. The van der Waals surface area contributed by atoms with Crippen molar-refractivity contribution in [3.63, 3.8) is 0 Å². The normalized spacial score (nSPS) is 16.5. The molecule has 0 saturated heterocycles. The third kappa shape index (κ3) is 3.23. The average molecular weight is 283 g/mol. The van der Waals surface area contributed by atoms with Crippen LogP contribution < -0.4 is 5.32 Å². The van der Waals surface area contributed by atoms with Crippen molar-refractivity contribution in [2.45, 2.75) is 38.1 Å². The fourth-order valence-corrected chi connectivity index (χ4v) is 2.56. The summed E-state index contributed by atoms with van der Waals surface area (Å²) < 4.78 is 0. The number of aromatic nitrogens is 1. The van der Waals surface area contributed by atoms with Crippen molar-refractivity contribution in [3.8, 4) is 0 Å². The summed E-state index contributed by atoms with van der Waals surface area (Å²) in [6, 6.07) is 3.12. The third-order valence-corrected chi connectivity index (χ3v) is 3.56. The number of halogens is 1. The quantitative estimate of drug-likeness (QED) is 0.830. The summed E-state index contributed by atoms with van der Waals surface area (Å²) in [6.45, 7) is 1.75. The zero-order valence-corrected chi connectivity index (χ0v) is 11.3. The zero-order valence-electron chi connectivity index (χ0n) is 10.6. The second-order valence-electron chi connectivity index (χ2n) is 4.98. The molecule has 102 valence electrons. The molecule has 0 unspecified atom stereocenters. The molecule has 2 N–H and O–H groups in total. The molecule has 1 aromatic heterocycles. The summed E-state index contributed by atoms with van der Waals surface area (Å²) in [5, 5.41) is 12.0. The van der Waals surface area contributed by atoms with Crippen molar-refractivity contribution in [1.29, 1.82) is 0 Å². The molecule has 2 rings (SSSR count). The summed E-state index contributed by atoms with van der Waals surface area (Å²) >= 11 is 5.81. The molecule has 0 aromatic carbocycles. The summed E-state index contributed by atoms with van der Waals surface area (Å²) in [4.78, 5) is 27.0. The molecule has 1 aromatic rings. The van der Waals surface area contributed by atoms with Crippen molar-refractivity contribution < 1.29 is 14.7 Å². The number of pyridine rings is 1. The first-order chi connectivity index (χ1) is 8.90. The van der Waals surface area contributed by atoms with Crippen LogP contribution in [0.25, 0.3) is 0 Å². The van der Waals surface area contributed by atoms with Gasteiger partial charge in [0, 0.05) is 11.3 Å². The van der Waals surface area contributed by atoms with Gasteiger partial charge in [0.05, 0.1) is 12.0 Å². The first-order valence-corrected chi connectivity index (χ1v) is 6.46. The van der Waals surface area contributed by atoms with Crippen molar-refractivity contribution in [2.24, 2.45) is 0 Å². The lowest BCUT2D eigenvalue weighted by molar-refractivity contribution is -0.139. The molecule has 0 aliphatic heterocycles. The maximum atomic E-state index is 12.1. The Labute approximate surface area is 116 Å². The van der Waals surface area contributed by atoms with Gasteiger partial charge in [-0.25, -0.2) is 4.98 Å². The molecule has 6 heteroatoms. The van der Waals surface area contributed by atoms with Gasteiger partial charge in [-0.05, 0) is 38.3 Å². The van der Waals surface area contributed by atoms with Gasteiger partial charge < -0.3 is 10.4 Å². The summed E-state index contributed by atoms with van der Waals surface area (Å²) in [6.07, 6.45) is 2.28. The lowest BCUT2D eigenvalue weighted by atomic mass is 9.74. The smallest absolute Gasteiger partial charge is 0.305 e. The number of aliphatic carboxylic acids is 1. The molecule has 1 aliphatic carbocycles. The van der Waals surface area contributed by atoms with Crippen LogP contribution in [-0.4, -0.2) is 27.5 Å². The highest BCUT2D eigenvalue weighted by Crippen LogP contribution is 2.35. The largest absolute Gasteiger partial charge is 0.481 e. The topological polar surface area (TPSA) is 79.3 Å². The maximum absolute atomic E-state index is 12.1. The molecule has 5 nitrogen and oxygen atoms in total. The second-order valence-corrected chi connectivity index (χ2v) is 5.37. The van der Waals surface area contributed by atoms with E-state index in [1.807, 2.05) is 0 Å². The molecular weight excluding hydrogens is 268 g/mol. The Kier molecular flexibility index (Phi) is 3.75. The van der Waals surface area contributed by atoms with Gasteiger partial charge >= 0.3 is 5.97 Å². The summed E-state index contributed by atoms with van der Waals surface area (Å²) in [7, 11) is 0. The number of rotatable bonds is 4. The minimum Gasteiger partial charge on any atom is -0.481 e. The minimum absolute atomic E-state index is 0.0451. The highest BCUT2D eigenvalue weighted by Gasteiger charge is 2.40. The first kappa shape index (κ1) is 13.8. The molecule has 0 bridgehead atoms. The van der Waals surface area contributed by atoms with E-state index in [0.717, 1.165) is 6.42 Å². The van der Waals surface area contributed by atoms with E-state index in [9.17, 15) is 9.59 Å². The zero-order chi connectivity index (χ0) is 14.0. The SMILES string of the molecule is Cc1cc(C(=O)NC2(CC(=O)O)CCC2)cc(Cl)n1. The van der Waals surface area contributed by atoms with E-state index in [1.165, 1.54) is 6.07 Å². The number of carbonyl (C=O) groups excluding carboxylic acids is 1. The minimum atomic E-state index is -0.899. The van der Waals surface area contributed by atoms with Crippen LogP contribution in [-0.2, 0) is 4.79 Å². The van der Waals surface area contributed by atoms with Gasteiger partial charge in [-0.2, -0.15) is 0 Å². The lowest BCUT2D eigenvalue weighted by Gasteiger charge is -2.41. The van der Waals surface area contributed by atoms with Crippen LogP contribution in [0.2, 0.25) is 5.15 Å². The van der Waals surface area contributed by atoms with E-state index >= 15 is 0 Å². The number of aryl methyl sites for hydroxylation is 1. The highest BCUT2D eigenvalue weighted by atomic mass is 35.5. The molecule has 1 amide bonds. The fourth-order valence-electron chi connectivity index (χ4n) is 2.31. The van der Waals surface area contributed by atoms with Gasteiger partial charge in [0.25, 0.3) is 5.91 Å². The highest BCUT2D eigenvalue weighted by molar-refractivity contribution is 6.29. The fraction of sp³-hybridized carbons (Fsp3) is 0.462. The Morgan fingerprint density at radius 1 is 1.47 bits per heavy atom. The van der Waals surface area contributed by atoms with Crippen LogP contribution >= 0.6 is 11.6 Å². The van der Waals surface area contributed by atoms with E-state index in [0.29, 0.717) is 24.1 Å². The molecule has 19 heavy (non-hydrogen) atoms. The average Bonchev–Trinajstić information content (AvgIpc) is 2.23. The van der Waals surface area contributed by atoms with Gasteiger partial charge in [0.1, 0.15) is 5.15 Å². The summed E-state index contributed by atoms with van der Waals surface area (Å²) in [5.74, 6) is -1.20. The number of carboxylic acids is 1. The van der Waals surface area contributed by atoms with Crippen LogP contribution in [0, 0.1) is 6.92 Å². The van der Waals surface area contributed by atoms with E-state index < -0.39 is 11.5 Å². The predicted molar refractivity (Wildman–Crippen MR) is 70.3 cm³/mol. The van der Waals surface area contributed by atoms with Crippen LogP contribution in [0.15, 0.2) is 12.1 Å². The van der Waals surface area contributed by atoms with Crippen LogP contribution in [0.5, 0.6) is 0 Å². The lowest BCUT2D eigenvalue weighted by Crippen LogP contribution is -2.54. The Hall–Kier alpha value is -1.62. The molecule has 1 fully saturated rings. The van der Waals surface area contributed by atoms with E-state index in [-0.39, 0.29) is 17.5 Å². The molecule has 1 heterocycles. The van der Waals surface area contributed by atoms with Crippen LogP contribution in [0.4, 0.5) is 0 Å². The van der Waals surface area contributed by atoms with Gasteiger partial charge in [-0.3, -0.25) is 9.59 Å². The van der Waals surface area contributed by atoms with Gasteiger partial charge in [0.2, 0.25) is 0 Å². The van der Waals surface area contributed by atoms with E-state index in [4.69, 9.17) is 16.7 Å². The van der Waals surface area contributed by atoms with Gasteiger partial charge in [-0.1, -0.05) is 11.6 Å². The van der Waals surface area contributed by atoms with Crippen LogP contribution in [0.3, 0.4) is 0 Å². The maximum Gasteiger partial charge on any atom is 0.305 e. The molecular formula is C13H15ClN2O3. The van der Waals surface area contributed by atoms with E-state index in [1.54, 1.807) is 13.0 Å².